The van der Waals surface area contributed by atoms with E-state index in [2.05, 4.69) is 50.7 Å². The first-order valence-electron chi connectivity index (χ1n) is 7.69. The second-order valence-corrected chi connectivity index (χ2v) is 10.3. The van der Waals surface area contributed by atoms with Crippen LogP contribution in [0.15, 0.2) is 11.9 Å². The van der Waals surface area contributed by atoms with Crippen LogP contribution < -0.4 is 0 Å². The van der Waals surface area contributed by atoms with Gasteiger partial charge in [0, 0.05) is 0 Å². The van der Waals surface area contributed by atoms with E-state index in [4.69, 9.17) is 4.18 Å². The molecule has 0 saturated carbocycles. The third-order valence-corrected chi connectivity index (χ3v) is 7.83. The van der Waals surface area contributed by atoms with Crippen molar-refractivity contribution in [2.75, 3.05) is 6.61 Å². The van der Waals surface area contributed by atoms with Gasteiger partial charge in [-0.1, -0.05) is 47.0 Å². The van der Waals surface area contributed by atoms with Gasteiger partial charge in [-0.25, -0.2) is 4.98 Å². The van der Waals surface area contributed by atoms with E-state index in [9.17, 15) is 0 Å². The van der Waals surface area contributed by atoms with E-state index in [-0.39, 0.29) is 0 Å². The normalized spacial score (nSPS) is 12.3. The van der Waals surface area contributed by atoms with Gasteiger partial charge in [0.1, 0.15) is 5.52 Å². The molecule has 1 atom stereocenters. The lowest BCUT2D eigenvalue weighted by molar-refractivity contribution is 0.266. The second kappa shape index (κ2) is 11.4. The molecule has 0 aliphatic heterocycles. The molecule has 2 nitrogen and oxygen atoms in total. The highest BCUT2D eigenvalue weighted by atomic mass is 79.9. The van der Waals surface area contributed by atoms with Crippen LogP contribution in [-0.4, -0.2) is 11.6 Å². The van der Waals surface area contributed by atoms with Crippen molar-refractivity contribution in [1.29, 1.82) is 0 Å². The van der Waals surface area contributed by atoms with Crippen LogP contribution in [0.2, 0.25) is 0 Å². The Morgan fingerprint density at radius 3 is 2.50 bits per heavy atom. The fourth-order valence-electron chi connectivity index (χ4n) is 1.85. The molecule has 1 unspecified atom stereocenters. The van der Waals surface area contributed by atoms with E-state index in [1.54, 1.807) is 22.7 Å². The van der Waals surface area contributed by atoms with Crippen molar-refractivity contribution < 1.29 is 4.18 Å². The van der Waals surface area contributed by atoms with Gasteiger partial charge < -0.3 is 4.18 Å². The van der Waals surface area contributed by atoms with Crippen LogP contribution >= 0.6 is 66.6 Å². The third kappa shape index (κ3) is 6.06. The molecule has 0 amide bonds. The number of aromatic nitrogens is 1. The van der Waals surface area contributed by atoms with Crippen LogP contribution in [0, 0.1) is 5.92 Å². The van der Waals surface area contributed by atoms with Crippen molar-refractivity contribution in [3.63, 3.8) is 0 Å². The predicted octanol–water partition coefficient (Wildman–Crippen LogP) is 8.15. The molecular formula is C15H23Br2NOS3. The number of thiazole rings is 1. The summed E-state index contributed by atoms with van der Waals surface area (Å²) in [5.41, 5.74) is 1.04. The Kier molecular flexibility index (Phi) is 10.9. The molecule has 22 heavy (non-hydrogen) atoms. The molecule has 0 aliphatic carbocycles. The van der Waals surface area contributed by atoms with Crippen molar-refractivity contribution in [1.82, 2.24) is 4.98 Å². The highest BCUT2D eigenvalue weighted by Crippen LogP contribution is 2.44. The van der Waals surface area contributed by atoms with Crippen LogP contribution in [0.4, 0.5) is 0 Å². The quantitative estimate of drug-likeness (QED) is 0.350. The summed E-state index contributed by atoms with van der Waals surface area (Å²) in [5, 5.41) is 0. The summed E-state index contributed by atoms with van der Waals surface area (Å²) in [6.45, 7) is 9.29. The molecule has 0 aromatic carbocycles. The van der Waals surface area contributed by atoms with Gasteiger partial charge in [-0.3, -0.25) is 0 Å². The Labute approximate surface area is 162 Å². The van der Waals surface area contributed by atoms with Crippen LogP contribution in [0.3, 0.4) is 0 Å². The van der Waals surface area contributed by atoms with E-state index >= 15 is 0 Å². The molecule has 0 spiro atoms. The van der Waals surface area contributed by atoms with Gasteiger partial charge in [0.05, 0.1) is 30.9 Å². The highest BCUT2D eigenvalue weighted by molar-refractivity contribution is 9.12. The maximum absolute atomic E-state index is 5.79. The molecule has 2 aromatic rings. The Morgan fingerprint density at radius 1 is 1.18 bits per heavy atom. The topological polar surface area (TPSA) is 22.1 Å². The Morgan fingerprint density at radius 2 is 1.91 bits per heavy atom. The molecule has 2 heterocycles. The molecule has 0 aliphatic rings. The summed E-state index contributed by atoms with van der Waals surface area (Å²) in [6.07, 6.45) is 4.99. The van der Waals surface area contributed by atoms with E-state index in [1.165, 1.54) is 42.4 Å². The van der Waals surface area contributed by atoms with Crippen LogP contribution in [0.1, 0.15) is 53.4 Å². The lowest BCUT2D eigenvalue weighted by Gasteiger charge is -2.12. The molecule has 0 saturated heterocycles. The summed E-state index contributed by atoms with van der Waals surface area (Å²) in [7, 11) is 0. The average Bonchev–Trinajstić information content (AvgIpc) is 3.06. The van der Waals surface area contributed by atoms with Gasteiger partial charge in [-0.2, -0.15) is 0 Å². The largest absolute Gasteiger partial charge is 0.308 e. The number of halogens is 2. The SMILES string of the molecule is CC.CCCCC(CC)COSc1nc2c(Br)sc(Br)c2s1. The maximum Gasteiger partial charge on any atom is 0.178 e. The third-order valence-electron chi connectivity index (χ3n) is 3.13. The summed E-state index contributed by atoms with van der Waals surface area (Å²) >= 11 is 11.9. The minimum atomic E-state index is 0.668. The number of nitrogens with zero attached hydrogens (tertiary/aromatic N) is 1. The number of fused-ring (bicyclic) bond motifs is 1. The Hall–Kier alpha value is 0.860. The van der Waals surface area contributed by atoms with Crippen molar-refractivity contribution >= 4 is 76.8 Å². The Balaban J connectivity index is 0.00000116. The van der Waals surface area contributed by atoms with Crippen LogP contribution in [0.25, 0.3) is 10.2 Å². The Bertz CT molecular complexity index is 522. The summed E-state index contributed by atoms with van der Waals surface area (Å²) < 4.78 is 10.2. The van der Waals surface area contributed by atoms with Crippen molar-refractivity contribution in [3.8, 4) is 0 Å². The lowest BCUT2D eigenvalue weighted by Crippen LogP contribution is -2.05. The van der Waals surface area contributed by atoms with Crippen molar-refractivity contribution in [2.45, 2.75) is 57.7 Å². The fraction of sp³-hybridized carbons (Fsp3) is 0.667. The van der Waals surface area contributed by atoms with Gasteiger partial charge in [0.15, 0.2) is 4.34 Å². The summed E-state index contributed by atoms with van der Waals surface area (Å²) in [5.74, 6) is 0.668. The van der Waals surface area contributed by atoms with Crippen LogP contribution in [0.5, 0.6) is 0 Å². The number of hydrogen-bond acceptors (Lipinski definition) is 5. The number of hydrogen-bond donors (Lipinski definition) is 0. The maximum atomic E-state index is 5.79. The van der Waals surface area contributed by atoms with Crippen molar-refractivity contribution in [3.05, 3.63) is 7.57 Å². The van der Waals surface area contributed by atoms with Gasteiger partial charge in [0.2, 0.25) is 0 Å². The molecule has 2 rings (SSSR count). The fourth-order valence-corrected chi connectivity index (χ4v) is 6.89. The number of unbranched alkanes of at least 4 members (excludes halogenated alkanes) is 1. The van der Waals surface area contributed by atoms with E-state index in [0.29, 0.717) is 5.92 Å². The van der Waals surface area contributed by atoms with E-state index in [1.807, 2.05) is 13.8 Å². The standard InChI is InChI=1S/C13H17Br2NOS3.C2H6/c1-3-5-6-8(4-2)7-17-20-13-16-9-10(18-13)12(15)19-11(9)14;1-2/h8H,3-7H2,1-2H3;1-2H3. The molecule has 7 heteroatoms. The number of rotatable bonds is 8. The molecule has 0 bridgehead atoms. The molecule has 2 aromatic heterocycles. The first-order chi connectivity index (χ1) is 10.7. The van der Waals surface area contributed by atoms with Crippen LogP contribution in [-0.2, 0) is 4.18 Å². The highest BCUT2D eigenvalue weighted by Gasteiger charge is 2.15. The minimum absolute atomic E-state index is 0.668. The van der Waals surface area contributed by atoms with Gasteiger partial charge in [-0.05, 0) is 44.2 Å². The smallest absolute Gasteiger partial charge is 0.178 e. The zero-order valence-electron chi connectivity index (χ0n) is 13.4. The first-order valence-corrected chi connectivity index (χ1v) is 11.7. The minimum Gasteiger partial charge on any atom is -0.308 e. The van der Waals surface area contributed by atoms with Crippen molar-refractivity contribution in [2.24, 2.45) is 5.92 Å². The van der Waals surface area contributed by atoms with Gasteiger partial charge in [-0.15, -0.1) is 22.7 Å². The molecular weight excluding hydrogens is 466 g/mol. The van der Waals surface area contributed by atoms with Gasteiger partial charge >= 0.3 is 0 Å². The average molecular weight is 489 g/mol. The zero-order chi connectivity index (χ0) is 16.5. The number of thiophene rings is 1. The predicted molar refractivity (Wildman–Crippen MR) is 109 cm³/mol. The van der Waals surface area contributed by atoms with E-state index < -0.39 is 0 Å². The zero-order valence-corrected chi connectivity index (χ0v) is 19.1. The molecule has 0 N–H and O–H groups in total. The second-order valence-electron chi connectivity index (χ2n) is 4.59. The lowest BCUT2D eigenvalue weighted by atomic mass is 10.0. The molecule has 126 valence electrons. The summed E-state index contributed by atoms with van der Waals surface area (Å²) in [4.78, 5) is 4.61. The molecule has 0 radical (unpaired) electrons. The first kappa shape index (κ1) is 20.9. The van der Waals surface area contributed by atoms with Gasteiger partial charge in [0.25, 0.3) is 0 Å². The molecule has 0 fully saturated rings. The van der Waals surface area contributed by atoms with E-state index in [0.717, 1.165) is 24.0 Å². The monoisotopic (exact) mass is 487 g/mol. The summed E-state index contributed by atoms with van der Waals surface area (Å²) in [6, 6.07) is 0.